The number of hydrogen-bond acceptors (Lipinski definition) is 3. The molecule has 2 aromatic rings. The Hall–Kier alpha value is -3.02. The van der Waals surface area contributed by atoms with Gasteiger partial charge in [0.25, 0.3) is 0 Å². The van der Waals surface area contributed by atoms with E-state index < -0.39 is 5.97 Å². The third kappa shape index (κ3) is 6.33. The summed E-state index contributed by atoms with van der Waals surface area (Å²) >= 11 is 0. The van der Waals surface area contributed by atoms with E-state index in [9.17, 15) is 9.59 Å². The number of rotatable bonds is 8. The molecule has 3 N–H and O–H groups in total. The van der Waals surface area contributed by atoms with E-state index in [2.05, 4.69) is 10.6 Å². The highest BCUT2D eigenvalue weighted by atomic mass is 16.5. The summed E-state index contributed by atoms with van der Waals surface area (Å²) in [6.45, 7) is 3.80. The van der Waals surface area contributed by atoms with Gasteiger partial charge in [-0.1, -0.05) is 30.3 Å². The highest BCUT2D eigenvalue weighted by Gasteiger charge is 2.16. The van der Waals surface area contributed by atoms with Crippen molar-refractivity contribution in [2.45, 2.75) is 39.2 Å². The van der Waals surface area contributed by atoms with Crippen molar-refractivity contribution in [1.82, 2.24) is 5.32 Å². The SMILES string of the molecule is COc1cc(C)cc(NC(=O)NC(CCC(=O)O)Cc2ccccc2)c1C. The molecule has 0 aliphatic heterocycles. The Labute approximate surface area is 159 Å². The number of nitrogens with one attached hydrogen (secondary N) is 2. The topological polar surface area (TPSA) is 87.7 Å². The van der Waals surface area contributed by atoms with Crippen molar-refractivity contribution in [3.8, 4) is 5.75 Å². The van der Waals surface area contributed by atoms with E-state index in [4.69, 9.17) is 9.84 Å². The van der Waals surface area contributed by atoms with Gasteiger partial charge in [0.05, 0.1) is 7.11 Å². The first-order chi connectivity index (χ1) is 12.9. The largest absolute Gasteiger partial charge is 0.496 e. The molecule has 0 saturated heterocycles. The highest BCUT2D eigenvalue weighted by Crippen LogP contribution is 2.27. The van der Waals surface area contributed by atoms with Crippen LogP contribution in [0.5, 0.6) is 5.75 Å². The maximum Gasteiger partial charge on any atom is 0.319 e. The van der Waals surface area contributed by atoms with E-state index in [0.717, 1.165) is 16.7 Å². The second kappa shape index (κ2) is 9.62. The molecule has 0 aliphatic carbocycles. The molecule has 0 saturated carbocycles. The minimum Gasteiger partial charge on any atom is -0.496 e. The molecular weight excluding hydrogens is 344 g/mol. The molecule has 27 heavy (non-hydrogen) atoms. The minimum atomic E-state index is -0.880. The lowest BCUT2D eigenvalue weighted by molar-refractivity contribution is -0.137. The van der Waals surface area contributed by atoms with Gasteiger partial charge in [-0.15, -0.1) is 0 Å². The number of amides is 2. The molecule has 6 nitrogen and oxygen atoms in total. The predicted octanol–water partition coefficient (Wildman–Crippen LogP) is 3.91. The van der Waals surface area contributed by atoms with Crippen molar-refractivity contribution in [1.29, 1.82) is 0 Å². The van der Waals surface area contributed by atoms with Crippen molar-refractivity contribution in [3.63, 3.8) is 0 Å². The average molecular weight is 370 g/mol. The van der Waals surface area contributed by atoms with Crippen LogP contribution in [0, 0.1) is 13.8 Å². The second-order valence-corrected chi connectivity index (χ2v) is 6.56. The first-order valence-corrected chi connectivity index (χ1v) is 8.87. The predicted molar refractivity (Wildman–Crippen MR) is 105 cm³/mol. The molecule has 2 aromatic carbocycles. The van der Waals surface area contributed by atoms with Crippen LogP contribution < -0.4 is 15.4 Å². The molecular formula is C21H26N2O4. The van der Waals surface area contributed by atoms with Crippen molar-refractivity contribution >= 4 is 17.7 Å². The minimum absolute atomic E-state index is 0.00488. The third-order valence-corrected chi connectivity index (χ3v) is 4.34. The van der Waals surface area contributed by atoms with Gasteiger partial charge in [-0.2, -0.15) is 0 Å². The fraction of sp³-hybridized carbons (Fsp3) is 0.333. The number of aliphatic carboxylic acids is 1. The zero-order valence-corrected chi connectivity index (χ0v) is 15.9. The Balaban J connectivity index is 2.08. The summed E-state index contributed by atoms with van der Waals surface area (Å²) in [5, 5.41) is 14.7. The normalized spacial score (nSPS) is 11.5. The molecule has 0 bridgehead atoms. The van der Waals surface area contributed by atoms with E-state index >= 15 is 0 Å². The van der Waals surface area contributed by atoms with Crippen LogP contribution in [0.2, 0.25) is 0 Å². The van der Waals surface area contributed by atoms with Crippen LogP contribution >= 0.6 is 0 Å². The second-order valence-electron chi connectivity index (χ2n) is 6.56. The number of methoxy groups -OCH3 is 1. The smallest absolute Gasteiger partial charge is 0.319 e. The maximum atomic E-state index is 12.5. The van der Waals surface area contributed by atoms with Gasteiger partial charge in [-0.25, -0.2) is 4.79 Å². The number of carboxylic acid groups (broad SMARTS) is 1. The maximum absolute atomic E-state index is 12.5. The molecule has 2 amide bonds. The van der Waals surface area contributed by atoms with Crippen molar-refractivity contribution in [2.24, 2.45) is 0 Å². The number of hydrogen-bond donors (Lipinski definition) is 3. The monoisotopic (exact) mass is 370 g/mol. The molecule has 1 atom stereocenters. The summed E-state index contributed by atoms with van der Waals surface area (Å²) in [5.74, 6) is -0.174. The molecule has 0 fully saturated rings. The van der Waals surface area contributed by atoms with Crippen LogP contribution in [0.4, 0.5) is 10.5 Å². The molecule has 1 unspecified atom stereocenters. The van der Waals surface area contributed by atoms with E-state index in [1.165, 1.54) is 0 Å². The van der Waals surface area contributed by atoms with Gasteiger partial charge < -0.3 is 20.5 Å². The lowest BCUT2D eigenvalue weighted by Gasteiger charge is -2.20. The van der Waals surface area contributed by atoms with E-state index in [0.29, 0.717) is 24.3 Å². The van der Waals surface area contributed by atoms with Crippen molar-refractivity contribution in [2.75, 3.05) is 12.4 Å². The number of urea groups is 1. The summed E-state index contributed by atoms with van der Waals surface area (Å²) in [4.78, 5) is 23.5. The lowest BCUT2D eigenvalue weighted by atomic mass is 10.0. The number of ether oxygens (including phenoxy) is 1. The number of aryl methyl sites for hydroxylation is 1. The van der Waals surface area contributed by atoms with E-state index in [-0.39, 0.29) is 18.5 Å². The van der Waals surface area contributed by atoms with Gasteiger partial charge in [-0.3, -0.25) is 4.79 Å². The van der Waals surface area contributed by atoms with E-state index in [1.807, 2.05) is 56.3 Å². The zero-order chi connectivity index (χ0) is 19.8. The van der Waals surface area contributed by atoms with Gasteiger partial charge in [-0.05, 0) is 49.9 Å². The van der Waals surface area contributed by atoms with Crippen LogP contribution in [0.1, 0.15) is 29.5 Å². The Morgan fingerprint density at radius 1 is 1.15 bits per heavy atom. The molecule has 0 spiro atoms. The van der Waals surface area contributed by atoms with Crippen molar-refractivity contribution < 1.29 is 19.4 Å². The zero-order valence-electron chi connectivity index (χ0n) is 15.9. The summed E-state index contributed by atoms with van der Waals surface area (Å²) < 4.78 is 5.34. The fourth-order valence-electron chi connectivity index (χ4n) is 2.93. The summed E-state index contributed by atoms with van der Waals surface area (Å²) in [6, 6.07) is 12.8. The van der Waals surface area contributed by atoms with Crippen LogP contribution in [0.15, 0.2) is 42.5 Å². The molecule has 6 heteroatoms. The first-order valence-electron chi connectivity index (χ1n) is 8.87. The third-order valence-electron chi connectivity index (χ3n) is 4.34. The summed E-state index contributed by atoms with van der Waals surface area (Å²) in [6.07, 6.45) is 0.917. The fourth-order valence-corrected chi connectivity index (χ4v) is 2.93. The summed E-state index contributed by atoms with van der Waals surface area (Å²) in [7, 11) is 1.59. The Morgan fingerprint density at radius 2 is 1.85 bits per heavy atom. The number of carboxylic acids is 1. The number of benzene rings is 2. The molecule has 0 aliphatic rings. The van der Waals surface area contributed by atoms with Gasteiger partial charge >= 0.3 is 12.0 Å². The number of anilines is 1. The Bertz CT molecular complexity index is 790. The van der Waals surface area contributed by atoms with Crippen molar-refractivity contribution in [3.05, 3.63) is 59.2 Å². The van der Waals surface area contributed by atoms with Crippen LogP contribution in [-0.2, 0) is 11.2 Å². The molecule has 0 heterocycles. The van der Waals surface area contributed by atoms with E-state index in [1.54, 1.807) is 7.11 Å². The van der Waals surface area contributed by atoms with Gasteiger partial charge in [0.15, 0.2) is 0 Å². The number of carbonyl (C=O) groups is 2. The lowest BCUT2D eigenvalue weighted by Crippen LogP contribution is -2.39. The molecule has 0 radical (unpaired) electrons. The van der Waals surface area contributed by atoms with Gasteiger partial charge in [0.2, 0.25) is 0 Å². The van der Waals surface area contributed by atoms with Gasteiger partial charge in [0, 0.05) is 23.7 Å². The Morgan fingerprint density at radius 3 is 2.48 bits per heavy atom. The quantitative estimate of drug-likeness (QED) is 0.657. The first kappa shape index (κ1) is 20.3. The summed E-state index contributed by atoms with van der Waals surface area (Å²) in [5.41, 5.74) is 3.52. The Kier molecular flexibility index (Phi) is 7.23. The van der Waals surface area contributed by atoms with Crippen LogP contribution in [0.3, 0.4) is 0 Å². The number of carbonyl (C=O) groups excluding carboxylic acids is 1. The molecule has 144 valence electrons. The molecule has 2 rings (SSSR count). The highest BCUT2D eigenvalue weighted by molar-refractivity contribution is 5.91. The standard InChI is InChI=1S/C21H26N2O4/c1-14-11-18(15(2)19(12-14)27-3)23-21(26)22-17(9-10-20(24)25)13-16-7-5-4-6-8-16/h4-8,11-12,17H,9-10,13H2,1-3H3,(H,24,25)(H2,22,23,26). The molecule has 0 aromatic heterocycles. The average Bonchev–Trinajstić information content (AvgIpc) is 2.63. The van der Waals surface area contributed by atoms with Gasteiger partial charge in [0.1, 0.15) is 5.75 Å². The van der Waals surface area contributed by atoms with Crippen LogP contribution in [0.25, 0.3) is 0 Å². The van der Waals surface area contributed by atoms with Crippen LogP contribution in [-0.4, -0.2) is 30.3 Å².